The van der Waals surface area contributed by atoms with Gasteiger partial charge in [-0.1, -0.05) is 25.1 Å². The molecule has 1 aliphatic heterocycles. The topological polar surface area (TPSA) is 66.9 Å². The van der Waals surface area contributed by atoms with Crippen LogP contribution in [0.25, 0.3) is 0 Å². The van der Waals surface area contributed by atoms with Gasteiger partial charge in [0.2, 0.25) is 5.91 Å². The second-order valence-corrected chi connectivity index (χ2v) is 6.96. The Hall–Kier alpha value is -2.37. The Balaban J connectivity index is 1.76. The van der Waals surface area contributed by atoms with Gasteiger partial charge in [-0.25, -0.2) is 0 Å². The van der Waals surface area contributed by atoms with Gasteiger partial charge >= 0.3 is 5.97 Å². The van der Waals surface area contributed by atoms with Gasteiger partial charge in [-0.15, -0.1) is 0 Å². The van der Waals surface area contributed by atoms with Gasteiger partial charge in [-0.3, -0.25) is 14.4 Å². The van der Waals surface area contributed by atoms with Crippen LogP contribution >= 0.6 is 0 Å². The Kier molecular flexibility index (Phi) is 5.59. The second kappa shape index (κ2) is 7.89. The summed E-state index contributed by atoms with van der Waals surface area (Å²) in [6.07, 6.45) is 1.29. The number of para-hydroxylation sites is 1. The SMILES string of the molecule is CCC(=O)N1CCN(c2ccccc2[C@@H]2C[C@@H](C(=O)OC)CC2=O)CC1. The summed E-state index contributed by atoms with van der Waals surface area (Å²) in [5.74, 6) is -0.613. The van der Waals surface area contributed by atoms with E-state index in [1.54, 1.807) is 0 Å². The monoisotopic (exact) mass is 358 g/mol. The van der Waals surface area contributed by atoms with Crippen molar-refractivity contribution in [1.82, 2.24) is 4.90 Å². The average molecular weight is 358 g/mol. The summed E-state index contributed by atoms with van der Waals surface area (Å²) in [6, 6.07) is 7.93. The van der Waals surface area contributed by atoms with Crippen LogP contribution in [0.1, 0.15) is 37.7 Å². The number of amides is 1. The molecule has 6 nitrogen and oxygen atoms in total. The summed E-state index contributed by atoms with van der Waals surface area (Å²) in [7, 11) is 1.37. The van der Waals surface area contributed by atoms with E-state index in [0.29, 0.717) is 25.9 Å². The number of Topliss-reactive ketones (excluding diaryl/α,β-unsaturated/α-hetero) is 1. The number of rotatable bonds is 4. The second-order valence-electron chi connectivity index (χ2n) is 6.96. The average Bonchev–Trinajstić information content (AvgIpc) is 3.08. The molecule has 1 saturated heterocycles. The zero-order valence-electron chi connectivity index (χ0n) is 15.4. The molecule has 0 spiro atoms. The van der Waals surface area contributed by atoms with Crippen LogP contribution in [-0.2, 0) is 19.1 Å². The maximum atomic E-state index is 12.5. The van der Waals surface area contributed by atoms with E-state index >= 15 is 0 Å². The summed E-state index contributed by atoms with van der Waals surface area (Å²) in [4.78, 5) is 40.4. The number of piperazine rings is 1. The van der Waals surface area contributed by atoms with Crippen molar-refractivity contribution in [3.8, 4) is 0 Å². The van der Waals surface area contributed by atoms with Crippen LogP contribution in [0.15, 0.2) is 24.3 Å². The van der Waals surface area contributed by atoms with Crippen molar-refractivity contribution in [3.05, 3.63) is 29.8 Å². The molecule has 1 aliphatic carbocycles. The molecule has 1 saturated carbocycles. The molecular formula is C20H26N2O4. The molecule has 1 aromatic carbocycles. The lowest BCUT2D eigenvalue weighted by atomic mass is 9.93. The first-order chi connectivity index (χ1) is 12.5. The molecule has 2 fully saturated rings. The molecule has 3 rings (SSSR count). The standard InChI is InChI=1S/C20H26N2O4/c1-3-19(24)22-10-8-21(9-11-22)17-7-5-4-6-15(17)16-12-14(13-18(16)23)20(25)26-2/h4-7,14,16H,3,8-13H2,1-2H3/t14-,16+/m1/s1. The van der Waals surface area contributed by atoms with Crippen LogP contribution in [0.4, 0.5) is 5.69 Å². The molecule has 26 heavy (non-hydrogen) atoms. The lowest BCUT2D eigenvalue weighted by molar-refractivity contribution is -0.145. The van der Waals surface area contributed by atoms with Gasteiger partial charge in [0.05, 0.1) is 13.0 Å². The number of ether oxygens (including phenoxy) is 1. The molecule has 2 atom stereocenters. The van der Waals surface area contributed by atoms with E-state index in [4.69, 9.17) is 4.74 Å². The third-order valence-electron chi connectivity index (χ3n) is 5.48. The first-order valence-electron chi connectivity index (χ1n) is 9.27. The number of ketones is 1. The number of esters is 1. The number of methoxy groups -OCH3 is 1. The maximum Gasteiger partial charge on any atom is 0.309 e. The van der Waals surface area contributed by atoms with Crippen LogP contribution in [-0.4, -0.2) is 55.8 Å². The Bertz CT molecular complexity index is 695. The minimum atomic E-state index is -0.343. The van der Waals surface area contributed by atoms with Gasteiger partial charge in [0, 0.05) is 50.6 Å². The zero-order valence-corrected chi connectivity index (χ0v) is 15.4. The largest absolute Gasteiger partial charge is 0.469 e. The molecule has 0 aromatic heterocycles. The quantitative estimate of drug-likeness (QED) is 0.770. The number of nitrogens with zero attached hydrogens (tertiary/aromatic N) is 2. The molecule has 2 aliphatic rings. The number of hydrogen-bond acceptors (Lipinski definition) is 5. The number of carbonyl (C=O) groups excluding carboxylic acids is 3. The molecule has 0 bridgehead atoms. The predicted octanol–water partition coefficient (Wildman–Crippen LogP) is 1.98. The van der Waals surface area contributed by atoms with E-state index in [-0.39, 0.29) is 35.9 Å². The van der Waals surface area contributed by atoms with Crippen LogP contribution in [0.3, 0.4) is 0 Å². The Labute approximate surface area is 154 Å². The fraction of sp³-hybridized carbons (Fsp3) is 0.550. The minimum Gasteiger partial charge on any atom is -0.469 e. The summed E-state index contributed by atoms with van der Waals surface area (Å²) < 4.78 is 4.82. The first-order valence-corrected chi connectivity index (χ1v) is 9.27. The molecule has 0 unspecified atom stereocenters. The van der Waals surface area contributed by atoms with Crippen molar-refractivity contribution in [1.29, 1.82) is 0 Å². The van der Waals surface area contributed by atoms with Gasteiger partial charge in [-0.2, -0.15) is 0 Å². The van der Waals surface area contributed by atoms with Gasteiger partial charge in [0.25, 0.3) is 0 Å². The summed E-state index contributed by atoms with van der Waals surface area (Å²) >= 11 is 0. The van der Waals surface area contributed by atoms with Crippen molar-refractivity contribution < 1.29 is 19.1 Å². The van der Waals surface area contributed by atoms with Crippen LogP contribution in [0, 0.1) is 5.92 Å². The van der Waals surface area contributed by atoms with Crippen molar-refractivity contribution in [3.63, 3.8) is 0 Å². The molecule has 0 radical (unpaired) electrons. The van der Waals surface area contributed by atoms with E-state index in [1.807, 2.05) is 36.1 Å². The molecule has 0 N–H and O–H groups in total. The Morgan fingerprint density at radius 3 is 2.50 bits per heavy atom. The number of carbonyl (C=O) groups is 3. The van der Waals surface area contributed by atoms with E-state index in [0.717, 1.165) is 24.3 Å². The van der Waals surface area contributed by atoms with Crippen LogP contribution in [0.2, 0.25) is 0 Å². The highest BCUT2D eigenvalue weighted by molar-refractivity contribution is 5.94. The molecule has 1 heterocycles. The van der Waals surface area contributed by atoms with E-state index in [2.05, 4.69) is 4.90 Å². The smallest absolute Gasteiger partial charge is 0.309 e. The highest BCUT2D eigenvalue weighted by atomic mass is 16.5. The lowest BCUT2D eigenvalue weighted by Gasteiger charge is -2.37. The predicted molar refractivity (Wildman–Crippen MR) is 98.0 cm³/mol. The van der Waals surface area contributed by atoms with Gasteiger partial charge < -0.3 is 14.5 Å². The minimum absolute atomic E-state index is 0.104. The van der Waals surface area contributed by atoms with Crippen molar-refractivity contribution in [2.24, 2.45) is 5.92 Å². The fourth-order valence-electron chi connectivity index (χ4n) is 4.02. The molecule has 1 aromatic rings. The normalized spacial score (nSPS) is 23.2. The third-order valence-corrected chi connectivity index (χ3v) is 5.48. The molecule has 6 heteroatoms. The lowest BCUT2D eigenvalue weighted by Crippen LogP contribution is -2.49. The zero-order chi connectivity index (χ0) is 18.7. The van der Waals surface area contributed by atoms with Crippen molar-refractivity contribution in [2.45, 2.75) is 32.1 Å². The van der Waals surface area contributed by atoms with E-state index in [1.165, 1.54) is 7.11 Å². The maximum absolute atomic E-state index is 12.5. The highest BCUT2D eigenvalue weighted by Gasteiger charge is 2.39. The first kappa shape index (κ1) is 18.4. The molecular weight excluding hydrogens is 332 g/mol. The molecule has 1 amide bonds. The summed E-state index contributed by atoms with van der Waals surface area (Å²) in [5.41, 5.74) is 2.03. The summed E-state index contributed by atoms with van der Waals surface area (Å²) in [6.45, 7) is 4.79. The van der Waals surface area contributed by atoms with Gasteiger partial charge in [-0.05, 0) is 18.1 Å². The fourth-order valence-corrected chi connectivity index (χ4v) is 4.02. The van der Waals surface area contributed by atoms with Gasteiger partial charge in [0.15, 0.2) is 0 Å². The number of benzene rings is 1. The molecule has 140 valence electrons. The van der Waals surface area contributed by atoms with Crippen molar-refractivity contribution in [2.75, 3.05) is 38.2 Å². The van der Waals surface area contributed by atoms with Crippen LogP contribution in [0.5, 0.6) is 0 Å². The third kappa shape index (κ3) is 3.59. The van der Waals surface area contributed by atoms with E-state index < -0.39 is 0 Å². The highest BCUT2D eigenvalue weighted by Crippen LogP contribution is 2.40. The summed E-state index contributed by atoms with van der Waals surface area (Å²) in [5, 5.41) is 0. The Morgan fingerprint density at radius 1 is 1.15 bits per heavy atom. The van der Waals surface area contributed by atoms with E-state index in [9.17, 15) is 14.4 Å². The number of anilines is 1. The Morgan fingerprint density at radius 2 is 1.85 bits per heavy atom. The van der Waals surface area contributed by atoms with Crippen molar-refractivity contribution >= 4 is 23.3 Å². The van der Waals surface area contributed by atoms with Crippen LogP contribution < -0.4 is 4.90 Å². The van der Waals surface area contributed by atoms with Gasteiger partial charge in [0.1, 0.15) is 5.78 Å². The number of hydrogen-bond donors (Lipinski definition) is 0.